The summed E-state index contributed by atoms with van der Waals surface area (Å²) in [6.07, 6.45) is 3.15. The van der Waals surface area contributed by atoms with E-state index in [2.05, 4.69) is 24.0 Å². The van der Waals surface area contributed by atoms with Gasteiger partial charge < -0.3 is 10.5 Å². The molecule has 0 radical (unpaired) electrons. The Balaban J connectivity index is 0.00000420. The minimum Gasteiger partial charge on any atom is -0.497 e. The molecule has 2 unspecified atom stereocenters. The predicted molar refractivity (Wildman–Crippen MR) is 165 cm³/mol. The van der Waals surface area contributed by atoms with Crippen molar-refractivity contribution in [2.45, 2.75) is 50.5 Å². The van der Waals surface area contributed by atoms with Crippen LogP contribution < -0.4 is 10.5 Å². The normalized spacial score (nSPS) is 16.6. The molecule has 0 saturated carbocycles. The lowest BCUT2D eigenvalue weighted by molar-refractivity contribution is -0.127. The number of methoxy groups -OCH3 is 1. The zero-order valence-corrected chi connectivity index (χ0v) is 25.4. The van der Waals surface area contributed by atoms with Crippen molar-refractivity contribution in [3.05, 3.63) is 98.5 Å². The van der Waals surface area contributed by atoms with E-state index in [0.29, 0.717) is 21.5 Å². The average Bonchev–Trinajstić information content (AvgIpc) is 2.92. The number of hydrogen-bond donors (Lipinski definition) is 1. The zero-order valence-electron chi connectivity index (χ0n) is 22.3. The van der Waals surface area contributed by atoms with Crippen molar-refractivity contribution in [2.24, 2.45) is 11.7 Å². The van der Waals surface area contributed by atoms with E-state index in [1.165, 1.54) is 5.56 Å². The number of ether oxygens (including phenoxy) is 1. The molecule has 210 valence electrons. The molecule has 4 rings (SSSR count). The molecule has 3 aromatic carbocycles. The van der Waals surface area contributed by atoms with E-state index in [1.54, 1.807) is 7.11 Å². The highest BCUT2D eigenvalue weighted by molar-refractivity contribution is 6.42. The van der Waals surface area contributed by atoms with Gasteiger partial charge in [-0.25, -0.2) is 0 Å². The summed E-state index contributed by atoms with van der Waals surface area (Å²) in [4.78, 5) is 16.0. The number of carbonyl (C=O) groups excluding carboxylic acids is 1. The fraction of sp³-hybridized carbons (Fsp3) is 0.387. The highest BCUT2D eigenvalue weighted by atomic mass is 35.5. The van der Waals surface area contributed by atoms with Gasteiger partial charge in [-0.3, -0.25) is 9.69 Å². The molecule has 1 aliphatic heterocycles. The first kappa shape index (κ1) is 31.6. The molecule has 1 aliphatic rings. The predicted octanol–water partition coefficient (Wildman–Crippen LogP) is 8.30. The van der Waals surface area contributed by atoms with Crippen molar-refractivity contribution in [3.8, 4) is 5.75 Å². The summed E-state index contributed by atoms with van der Waals surface area (Å²) in [5.74, 6) is 0.718. The molecular weight excluding hydrogens is 574 g/mol. The molecule has 39 heavy (non-hydrogen) atoms. The Kier molecular flexibility index (Phi) is 11.4. The van der Waals surface area contributed by atoms with Gasteiger partial charge in [0.1, 0.15) is 5.75 Å². The first-order valence-corrected chi connectivity index (χ1v) is 14.3. The van der Waals surface area contributed by atoms with Crippen LogP contribution in [0.3, 0.4) is 0 Å². The Morgan fingerprint density at radius 2 is 1.72 bits per heavy atom. The molecule has 8 heteroatoms. The van der Waals surface area contributed by atoms with Gasteiger partial charge in [-0.1, -0.05) is 72.1 Å². The van der Waals surface area contributed by atoms with Crippen molar-refractivity contribution < 1.29 is 9.53 Å². The standard InChI is InChI=1S/C31H35Cl3N2O2.ClH/c1-3-22(23-9-12-28(33)29(34)17-23)19-31(30(35)37,25-5-4-6-26(32)18-25)24-13-15-36(16-14-24)20-21-7-10-27(38-2)11-8-21;/h4-12,17-18,22,24H,3,13-16,19-20H2,1-2H3,(H2,35,37);1H. The van der Waals surface area contributed by atoms with Gasteiger partial charge in [0.15, 0.2) is 0 Å². The molecule has 0 aliphatic carbocycles. The molecule has 0 aromatic heterocycles. The number of rotatable bonds is 10. The van der Waals surface area contributed by atoms with Crippen molar-refractivity contribution in [2.75, 3.05) is 20.2 Å². The Labute approximate surface area is 253 Å². The highest BCUT2D eigenvalue weighted by Gasteiger charge is 2.48. The average molecular weight is 610 g/mol. The number of nitrogens with two attached hydrogens (primary N) is 1. The molecule has 3 aromatic rings. The number of benzene rings is 3. The van der Waals surface area contributed by atoms with E-state index in [-0.39, 0.29) is 30.2 Å². The van der Waals surface area contributed by atoms with Gasteiger partial charge in [-0.2, -0.15) is 0 Å². The maximum atomic E-state index is 13.6. The molecule has 1 heterocycles. The third kappa shape index (κ3) is 7.23. The largest absolute Gasteiger partial charge is 0.497 e. The molecule has 2 N–H and O–H groups in total. The first-order valence-electron chi connectivity index (χ1n) is 13.1. The van der Waals surface area contributed by atoms with E-state index in [0.717, 1.165) is 55.8 Å². The summed E-state index contributed by atoms with van der Waals surface area (Å²) in [7, 11) is 1.68. The molecular formula is C31H36Cl4N2O2. The summed E-state index contributed by atoms with van der Waals surface area (Å²) in [5, 5.41) is 1.64. The van der Waals surface area contributed by atoms with Crippen LogP contribution in [0, 0.1) is 5.92 Å². The monoisotopic (exact) mass is 608 g/mol. The van der Waals surface area contributed by atoms with E-state index >= 15 is 0 Å². The van der Waals surface area contributed by atoms with Gasteiger partial charge >= 0.3 is 0 Å². The van der Waals surface area contributed by atoms with E-state index in [1.807, 2.05) is 54.6 Å². The van der Waals surface area contributed by atoms with Gasteiger partial charge in [0.2, 0.25) is 5.91 Å². The zero-order chi connectivity index (χ0) is 27.3. The first-order chi connectivity index (χ1) is 18.3. The minimum absolute atomic E-state index is 0. The molecule has 1 fully saturated rings. The van der Waals surface area contributed by atoms with Crippen LogP contribution in [-0.2, 0) is 16.8 Å². The third-order valence-corrected chi connectivity index (χ3v) is 9.08. The summed E-state index contributed by atoms with van der Waals surface area (Å²) in [5.41, 5.74) is 8.69. The Morgan fingerprint density at radius 3 is 2.28 bits per heavy atom. The summed E-state index contributed by atoms with van der Waals surface area (Å²) in [6, 6.07) is 21.6. The van der Waals surface area contributed by atoms with E-state index in [4.69, 9.17) is 45.3 Å². The molecule has 1 amide bonds. The number of primary amides is 1. The van der Waals surface area contributed by atoms with Crippen LogP contribution in [0.5, 0.6) is 5.75 Å². The third-order valence-electron chi connectivity index (χ3n) is 8.11. The van der Waals surface area contributed by atoms with Crippen LogP contribution in [0.1, 0.15) is 55.2 Å². The lowest BCUT2D eigenvalue weighted by Crippen LogP contribution is -2.51. The lowest BCUT2D eigenvalue weighted by Gasteiger charge is -2.45. The molecule has 1 saturated heterocycles. The Hall–Kier alpha value is -1.95. The molecule has 0 spiro atoms. The van der Waals surface area contributed by atoms with Crippen LogP contribution in [0.2, 0.25) is 15.1 Å². The van der Waals surface area contributed by atoms with E-state index in [9.17, 15) is 4.79 Å². The van der Waals surface area contributed by atoms with Crippen LogP contribution in [0.15, 0.2) is 66.7 Å². The van der Waals surface area contributed by atoms with Crippen molar-refractivity contribution in [1.29, 1.82) is 0 Å². The second-order valence-corrected chi connectivity index (χ2v) is 11.5. The van der Waals surface area contributed by atoms with Crippen LogP contribution in [-0.4, -0.2) is 31.0 Å². The maximum Gasteiger partial charge on any atom is 0.228 e. The molecule has 0 bridgehead atoms. The van der Waals surface area contributed by atoms with Crippen LogP contribution in [0.4, 0.5) is 0 Å². The summed E-state index contributed by atoms with van der Waals surface area (Å²) in [6.45, 7) is 4.76. The second kappa shape index (κ2) is 14.1. The number of hydrogen-bond acceptors (Lipinski definition) is 3. The van der Waals surface area contributed by atoms with Crippen LogP contribution in [0.25, 0.3) is 0 Å². The maximum absolute atomic E-state index is 13.6. The lowest BCUT2D eigenvalue weighted by atomic mass is 9.61. The fourth-order valence-corrected chi connectivity index (χ4v) is 6.45. The van der Waals surface area contributed by atoms with Crippen molar-refractivity contribution in [1.82, 2.24) is 4.90 Å². The van der Waals surface area contributed by atoms with Gasteiger partial charge in [0, 0.05) is 11.6 Å². The SMILES string of the molecule is CCC(CC(C(N)=O)(c1cccc(Cl)c1)C1CCN(Cc2ccc(OC)cc2)CC1)c1ccc(Cl)c(Cl)c1.Cl. The van der Waals surface area contributed by atoms with Crippen molar-refractivity contribution >= 4 is 53.1 Å². The number of carbonyl (C=O) groups is 1. The van der Waals surface area contributed by atoms with E-state index < -0.39 is 5.41 Å². The van der Waals surface area contributed by atoms with Crippen molar-refractivity contribution in [3.63, 3.8) is 0 Å². The fourth-order valence-electron chi connectivity index (χ4n) is 5.96. The number of likely N-dealkylation sites (tertiary alicyclic amines) is 1. The highest BCUT2D eigenvalue weighted by Crippen LogP contribution is 2.47. The van der Waals surface area contributed by atoms with Gasteiger partial charge in [0.25, 0.3) is 0 Å². The number of piperidine rings is 1. The summed E-state index contributed by atoms with van der Waals surface area (Å²) < 4.78 is 5.29. The second-order valence-electron chi connectivity index (χ2n) is 10.2. The number of halogens is 4. The minimum atomic E-state index is -0.857. The number of nitrogens with zero attached hydrogens (tertiary/aromatic N) is 1. The van der Waals surface area contributed by atoms with Crippen LogP contribution >= 0.6 is 47.2 Å². The molecule has 4 nitrogen and oxygen atoms in total. The van der Waals surface area contributed by atoms with Gasteiger partial charge in [-0.15, -0.1) is 12.4 Å². The Bertz CT molecular complexity index is 1250. The topological polar surface area (TPSA) is 55.6 Å². The summed E-state index contributed by atoms with van der Waals surface area (Å²) >= 11 is 19.0. The quantitative estimate of drug-likeness (QED) is 0.251. The molecule has 2 atom stereocenters. The smallest absolute Gasteiger partial charge is 0.228 e. The van der Waals surface area contributed by atoms with Gasteiger partial charge in [-0.05, 0) is 104 Å². The number of amides is 1. The van der Waals surface area contributed by atoms with Gasteiger partial charge in [0.05, 0.1) is 22.6 Å². The Morgan fingerprint density at radius 1 is 1.03 bits per heavy atom.